The highest BCUT2D eigenvalue weighted by Crippen LogP contribution is 2.47. The summed E-state index contributed by atoms with van der Waals surface area (Å²) >= 11 is 1.67. The molecule has 0 spiro atoms. The van der Waals surface area contributed by atoms with Crippen LogP contribution in [-0.2, 0) is 14.3 Å². The Morgan fingerprint density at radius 1 is 1.28 bits per heavy atom. The van der Waals surface area contributed by atoms with E-state index in [0.717, 1.165) is 17.9 Å². The SMILES string of the molecule is CCCOC(=O)C1C(C)=NC2=C(C(=O)C[C@@H](c3cccs3)C2)[C@@H]1c1ccc(C)o1. The number of thiophene rings is 1. The molecule has 2 aromatic rings. The minimum atomic E-state index is -0.631. The number of Topliss-reactive ketones (excluding diaryl/α,β-unsaturated/α-hetero) is 1. The molecule has 0 aromatic carbocycles. The molecule has 0 saturated heterocycles. The molecule has 3 heterocycles. The largest absolute Gasteiger partial charge is 0.466 e. The fourth-order valence-electron chi connectivity index (χ4n) is 4.31. The minimum absolute atomic E-state index is 0.0493. The smallest absolute Gasteiger partial charge is 0.315 e. The average Bonchev–Trinajstić information content (AvgIpc) is 3.36. The Bertz CT molecular complexity index is 982. The van der Waals surface area contributed by atoms with Crippen LogP contribution in [0.3, 0.4) is 0 Å². The number of rotatable bonds is 5. The number of allylic oxidation sites excluding steroid dienone is 2. The van der Waals surface area contributed by atoms with Crippen LogP contribution in [0, 0.1) is 12.8 Å². The lowest BCUT2D eigenvalue weighted by Gasteiger charge is -2.35. The van der Waals surface area contributed by atoms with Crippen molar-refractivity contribution in [2.45, 2.75) is 51.9 Å². The number of esters is 1. The van der Waals surface area contributed by atoms with Gasteiger partial charge in [0.15, 0.2) is 5.78 Å². The number of furan rings is 1. The molecule has 0 amide bonds. The number of aliphatic imine (C=N–C) groups is 1. The zero-order chi connectivity index (χ0) is 20.5. The van der Waals surface area contributed by atoms with E-state index in [1.165, 1.54) is 4.88 Å². The van der Waals surface area contributed by atoms with Gasteiger partial charge >= 0.3 is 5.97 Å². The number of carbonyl (C=O) groups excluding carboxylic acids is 2. The van der Waals surface area contributed by atoms with Crippen molar-refractivity contribution in [3.05, 3.63) is 57.3 Å². The van der Waals surface area contributed by atoms with Gasteiger partial charge in [-0.2, -0.15) is 0 Å². The quantitative estimate of drug-likeness (QED) is 0.636. The number of nitrogens with zero attached hydrogens (tertiary/aromatic N) is 1. The Kier molecular flexibility index (Phi) is 5.54. The van der Waals surface area contributed by atoms with E-state index in [4.69, 9.17) is 14.1 Å². The Balaban J connectivity index is 1.77. The number of ketones is 1. The van der Waals surface area contributed by atoms with Gasteiger partial charge in [-0.05, 0) is 50.3 Å². The summed E-state index contributed by atoms with van der Waals surface area (Å²) in [7, 11) is 0. The molecule has 6 heteroatoms. The minimum Gasteiger partial charge on any atom is -0.466 e. The molecule has 0 N–H and O–H groups in total. The molecular weight excluding hydrogens is 386 g/mol. The van der Waals surface area contributed by atoms with Crippen LogP contribution in [0.5, 0.6) is 0 Å². The van der Waals surface area contributed by atoms with Crippen LogP contribution in [0.25, 0.3) is 0 Å². The van der Waals surface area contributed by atoms with Crippen molar-refractivity contribution in [2.75, 3.05) is 6.61 Å². The maximum atomic E-state index is 13.3. The van der Waals surface area contributed by atoms with E-state index in [0.29, 0.717) is 36.5 Å². The second-order valence-corrected chi connectivity index (χ2v) is 8.71. The molecule has 29 heavy (non-hydrogen) atoms. The van der Waals surface area contributed by atoms with Gasteiger partial charge in [0.2, 0.25) is 0 Å². The highest BCUT2D eigenvalue weighted by atomic mass is 32.1. The Hall–Kier alpha value is -2.47. The van der Waals surface area contributed by atoms with Crippen LogP contribution in [-0.4, -0.2) is 24.1 Å². The zero-order valence-corrected chi connectivity index (χ0v) is 17.8. The molecule has 1 unspecified atom stereocenters. The fourth-order valence-corrected chi connectivity index (χ4v) is 5.14. The molecule has 5 nitrogen and oxygen atoms in total. The Morgan fingerprint density at radius 3 is 2.76 bits per heavy atom. The third-order valence-electron chi connectivity index (χ3n) is 5.60. The number of hydrogen-bond donors (Lipinski definition) is 0. The van der Waals surface area contributed by atoms with Gasteiger partial charge in [-0.15, -0.1) is 11.3 Å². The summed E-state index contributed by atoms with van der Waals surface area (Å²) in [6.07, 6.45) is 1.88. The lowest BCUT2D eigenvalue weighted by Crippen LogP contribution is -2.38. The third-order valence-corrected chi connectivity index (χ3v) is 6.64. The maximum absolute atomic E-state index is 13.3. The van der Waals surface area contributed by atoms with Crippen LogP contribution >= 0.6 is 11.3 Å². The average molecular weight is 412 g/mol. The van der Waals surface area contributed by atoms with E-state index in [1.54, 1.807) is 11.3 Å². The number of aryl methyl sites for hydroxylation is 1. The summed E-state index contributed by atoms with van der Waals surface area (Å²) in [5.41, 5.74) is 2.09. The van der Waals surface area contributed by atoms with Crippen LogP contribution in [0.4, 0.5) is 0 Å². The van der Waals surface area contributed by atoms with Crippen LogP contribution in [0.2, 0.25) is 0 Å². The zero-order valence-electron chi connectivity index (χ0n) is 16.9. The van der Waals surface area contributed by atoms with Gasteiger partial charge < -0.3 is 9.15 Å². The molecule has 2 aliphatic rings. The summed E-state index contributed by atoms with van der Waals surface area (Å²) < 4.78 is 11.4. The van der Waals surface area contributed by atoms with E-state index < -0.39 is 11.8 Å². The van der Waals surface area contributed by atoms with Crippen molar-refractivity contribution in [1.29, 1.82) is 0 Å². The summed E-state index contributed by atoms with van der Waals surface area (Å²) in [4.78, 5) is 32.2. The molecule has 3 atom stereocenters. The highest BCUT2D eigenvalue weighted by molar-refractivity contribution is 7.10. The van der Waals surface area contributed by atoms with E-state index in [2.05, 4.69) is 6.07 Å². The van der Waals surface area contributed by atoms with Crippen molar-refractivity contribution in [1.82, 2.24) is 0 Å². The second-order valence-electron chi connectivity index (χ2n) is 7.73. The number of carbonyl (C=O) groups is 2. The molecule has 1 aliphatic heterocycles. The van der Waals surface area contributed by atoms with Crippen molar-refractivity contribution in [3.63, 3.8) is 0 Å². The van der Waals surface area contributed by atoms with Crippen LogP contribution < -0.4 is 0 Å². The predicted molar refractivity (Wildman–Crippen MR) is 112 cm³/mol. The fraction of sp³-hybridized carbons (Fsp3) is 0.435. The normalized spacial score (nSPS) is 24.3. The molecule has 0 saturated carbocycles. The first kappa shape index (κ1) is 19.8. The molecule has 1 aliphatic carbocycles. The molecule has 4 rings (SSSR count). The van der Waals surface area contributed by atoms with Crippen molar-refractivity contribution in [3.8, 4) is 0 Å². The predicted octanol–water partition coefficient (Wildman–Crippen LogP) is 5.18. The summed E-state index contributed by atoms with van der Waals surface area (Å²) in [5, 5.41) is 2.04. The first-order valence-corrected chi connectivity index (χ1v) is 10.9. The van der Waals surface area contributed by atoms with Crippen LogP contribution in [0.1, 0.15) is 61.3 Å². The monoisotopic (exact) mass is 411 g/mol. The standard InChI is InChI=1S/C23H25NO4S/c1-4-9-27-23(26)20-14(3)24-16-11-15(19-6-5-10-29-19)12-17(25)21(16)22(20)18-8-7-13(2)28-18/h5-8,10,15,20,22H,4,9,11-12H2,1-3H3/t15-,20?,22+/m0/s1. The molecular formula is C23H25NO4S. The van der Waals surface area contributed by atoms with Gasteiger partial charge in [-0.1, -0.05) is 13.0 Å². The summed E-state index contributed by atoms with van der Waals surface area (Å²) in [6.45, 7) is 6.03. The van der Waals surface area contributed by atoms with E-state index >= 15 is 0 Å². The van der Waals surface area contributed by atoms with Gasteiger partial charge in [0, 0.05) is 34.2 Å². The van der Waals surface area contributed by atoms with E-state index in [9.17, 15) is 9.59 Å². The molecule has 152 valence electrons. The summed E-state index contributed by atoms with van der Waals surface area (Å²) in [5.74, 6) is 0.124. The first-order valence-electron chi connectivity index (χ1n) is 10.1. The third kappa shape index (κ3) is 3.73. The molecule has 0 radical (unpaired) electrons. The topological polar surface area (TPSA) is 68.9 Å². The lowest BCUT2D eigenvalue weighted by molar-refractivity contribution is -0.146. The highest BCUT2D eigenvalue weighted by Gasteiger charge is 2.46. The summed E-state index contributed by atoms with van der Waals surface area (Å²) in [6, 6.07) is 7.82. The van der Waals surface area contributed by atoms with Gasteiger partial charge in [0.1, 0.15) is 17.4 Å². The number of ether oxygens (including phenoxy) is 1. The second kappa shape index (κ2) is 8.11. The van der Waals surface area contributed by atoms with E-state index in [-0.39, 0.29) is 17.7 Å². The van der Waals surface area contributed by atoms with Crippen molar-refractivity contribution >= 4 is 28.8 Å². The molecule has 0 bridgehead atoms. The van der Waals surface area contributed by atoms with Gasteiger partial charge in [0.25, 0.3) is 0 Å². The van der Waals surface area contributed by atoms with Gasteiger partial charge in [-0.3, -0.25) is 14.6 Å². The molecule has 0 fully saturated rings. The van der Waals surface area contributed by atoms with Gasteiger partial charge in [0.05, 0.1) is 12.5 Å². The van der Waals surface area contributed by atoms with Crippen molar-refractivity contribution < 1.29 is 18.7 Å². The molecule has 2 aromatic heterocycles. The number of hydrogen-bond acceptors (Lipinski definition) is 6. The van der Waals surface area contributed by atoms with Gasteiger partial charge in [-0.25, -0.2) is 0 Å². The maximum Gasteiger partial charge on any atom is 0.315 e. The van der Waals surface area contributed by atoms with Crippen LogP contribution in [0.15, 0.2) is 50.3 Å². The first-order chi connectivity index (χ1) is 14.0. The lowest BCUT2D eigenvalue weighted by atomic mass is 9.71. The Labute approximate surface area is 174 Å². The Morgan fingerprint density at radius 2 is 2.10 bits per heavy atom. The van der Waals surface area contributed by atoms with E-state index in [1.807, 2.05) is 44.4 Å². The van der Waals surface area contributed by atoms with Crippen molar-refractivity contribution in [2.24, 2.45) is 10.9 Å².